The van der Waals surface area contributed by atoms with Gasteiger partial charge in [0.05, 0.1) is 22.1 Å². The van der Waals surface area contributed by atoms with Gasteiger partial charge in [0.25, 0.3) is 0 Å². The zero-order valence-electron chi connectivity index (χ0n) is 38.2. The van der Waals surface area contributed by atoms with Crippen molar-refractivity contribution in [3.8, 4) is 56.7 Å². The highest BCUT2D eigenvalue weighted by Gasteiger charge is 2.26. The highest BCUT2D eigenvalue weighted by Crippen LogP contribution is 2.47. The normalized spacial score (nSPS) is 11.9. The number of rotatable bonds is 6. The fraction of sp³-hybridized carbons (Fsp3) is 0. The topological polar surface area (TPSA) is 61.7 Å². The van der Waals surface area contributed by atoms with Gasteiger partial charge in [0, 0.05) is 54.5 Å². The van der Waals surface area contributed by atoms with Gasteiger partial charge in [-0.25, -0.2) is 4.98 Å². The van der Waals surface area contributed by atoms with Crippen LogP contribution in [-0.2, 0) is 0 Å². The monoisotopic (exact) mass is 905 g/mol. The van der Waals surface area contributed by atoms with Gasteiger partial charge in [0.1, 0.15) is 11.2 Å². The van der Waals surface area contributed by atoms with Crippen molar-refractivity contribution in [3.05, 3.63) is 237 Å². The van der Waals surface area contributed by atoms with E-state index in [0.29, 0.717) is 17.6 Å². The first-order valence-corrected chi connectivity index (χ1v) is 24.0. The Morgan fingerprint density at radius 1 is 0.282 bits per heavy atom. The largest absolute Gasteiger partial charge is 0.456 e. The van der Waals surface area contributed by atoms with Crippen LogP contribution in [-0.4, -0.2) is 24.1 Å². The molecule has 0 amide bonds. The third kappa shape index (κ3) is 6.05. The molecule has 11 aromatic carbocycles. The lowest BCUT2D eigenvalue weighted by molar-refractivity contribution is 0.669. The lowest BCUT2D eigenvalue weighted by Crippen LogP contribution is -2.06. The molecule has 6 nitrogen and oxygen atoms in total. The molecule has 15 rings (SSSR count). The number of fused-ring (bicyclic) bond motifs is 15. The lowest BCUT2D eigenvalue weighted by atomic mass is 9.95. The maximum Gasteiger partial charge on any atom is 0.238 e. The highest BCUT2D eigenvalue weighted by atomic mass is 16.3. The summed E-state index contributed by atoms with van der Waals surface area (Å²) >= 11 is 0. The van der Waals surface area contributed by atoms with E-state index in [1.165, 1.54) is 32.7 Å². The van der Waals surface area contributed by atoms with Crippen LogP contribution >= 0.6 is 0 Å². The van der Waals surface area contributed by atoms with E-state index in [4.69, 9.17) is 19.4 Å². The molecule has 0 aliphatic rings. The fourth-order valence-corrected chi connectivity index (χ4v) is 11.2. The van der Waals surface area contributed by atoms with Gasteiger partial charge in [0.15, 0.2) is 11.6 Å². The van der Waals surface area contributed by atoms with Crippen molar-refractivity contribution in [1.82, 2.24) is 24.1 Å². The summed E-state index contributed by atoms with van der Waals surface area (Å²) in [4.78, 5) is 16.3. The maximum atomic E-state index is 6.45. The Labute approximate surface area is 407 Å². The van der Waals surface area contributed by atoms with Crippen LogP contribution in [0.5, 0.6) is 0 Å². The molecule has 71 heavy (non-hydrogen) atoms. The van der Waals surface area contributed by atoms with Crippen molar-refractivity contribution >= 4 is 87.1 Å². The maximum absolute atomic E-state index is 6.45. The van der Waals surface area contributed by atoms with Crippen molar-refractivity contribution in [2.45, 2.75) is 0 Å². The molecule has 0 N–H and O–H groups in total. The number of aromatic nitrogens is 5. The minimum atomic E-state index is 0.529. The Hall–Kier alpha value is -9.65. The van der Waals surface area contributed by atoms with Crippen LogP contribution in [0, 0.1) is 0 Å². The second kappa shape index (κ2) is 15.4. The first kappa shape index (κ1) is 39.4. The molecule has 0 atom stereocenters. The summed E-state index contributed by atoms with van der Waals surface area (Å²) in [6, 6.07) is 83.9. The van der Waals surface area contributed by atoms with Crippen LogP contribution in [0.2, 0.25) is 0 Å². The van der Waals surface area contributed by atoms with Gasteiger partial charge in [-0.2, -0.15) is 9.97 Å². The number of benzene rings is 11. The van der Waals surface area contributed by atoms with Crippen LogP contribution in [0.15, 0.2) is 241 Å². The van der Waals surface area contributed by atoms with E-state index in [1.807, 2.05) is 24.3 Å². The minimum Gasteiger partial charge on any atom is -0.456 e. The zero-order chi connectivity index (χ0) is 46.6. The zero-order valence-corrected chi connectivity index (χ0v) is 38.2. The van der Waals surface area contributed by atoms with Gasteiger partial charge in [-0.3, -0.25) is 4.57 Å². The summed E-state index contributed by atoms with van der Waals surface area (Å²) in [6.45, 7) is 0. The Kier molecular flexibility index (Phi) is 8.56. The van der Waals surface area contributed by atoms with Crippen molar-refractivity contribution in [2.75, 3.05) is 0 Å². The van der Waals surface area contributed by atoms with Crippen LogP contribution < -0.4 is 0 Å². The van der Waals surface area contributed by atoms with Crippen LogP contribution in [0.4, 0.5) is 0 Å². The second-order valence-electron chi connectivity index (χ2n) is 18.3. The Balaban J connectivity index is 1.06. The molecule has 0 bridgehead atoms. The Bertz CT molecular complexity index is 4620. The molecule has 0 aliphatic carbocycles. The third-order valence-electron chi connectivity index (χ3n) is 14.4. The van der Waals surface area contributed by atoms with Gasteiger partial charge in [-0.05, 0) is 86.9 Å². The molecule has 0 aliphatic heterocycles. The van der Waals surface area contributed by atoms with Gasteiger partial charge >= 0.3 is 0 Å². The number of hydrogen-bond acceptors (Lipinski definition) is 4. The summed E-state index contributed by atoms with van der Waals surface area (Å²) in [6.07, 6.45) is 0. The van der Waals surface area contributed by atoms with E-state index < -0.39 is 0 Å². The Morgan fingerprint density at radius 3 is 1.58 bits per heavy atom. The van der Waals surface area contributed by atoms with Crippen molar-refractivity contribution in [1.29, 1.82) is 0 Å². The molecule has 0 radical (unpaired) electrons. The number of para-hydroxylation sites is 2. The average Bonchev–Trinajstić information content (AvgIpc) is 4.12. The van der Waals surface area contributed by atoms with Crippen molar-refractivity contribution in [2.24, 2.45) is 0 Å². The fourth-order valence-electron chi connectivity index (χ4n) is 11.2. The van der Waals surface area contributed by atoms with Gasteiger partial charge in [-0.15, -0.1) is 0 Å². The van der Waals surface area contributed by atoms with Crippen LogP contribution in [0.1, 0.15) is 0 Å². The van der Waals surface area contributed by atoms with Crippen molar-refractivity contribution in [3.63, 3.8) is 0 Å². The molecule has 0 saturated heterocycles. The quantitative estimate of drug-likeness (QED) is 0.156. The molecule has 4 heterocycles. The predicted molar refractivity (Wildman–Crippen MR) is 293 cm³/mol. The molecule has 330 valence electrons. The molecule has 0 fully saturated rings. The molecule has 0 unspecified atom stereocenters. The van der Waals surface area contributed by atoms with E-state index in [-0.39, 0.29) is 0 Å². The van der Waals surface area contributed by atoms with Gasteiger partial charge in [-0.1, -0.05) is 188 Å². The average molecular weight is 906 g/mol. The van der Waals surface area contributed by atoms with E-state index in [2.05, 4.69) is 221 Å². The molecule has 0 saturated carbocycles. The smallest absolute Gasteiger partial charge is 0.238 e. The number of hydrogen-bond donors (Lipinski definition) is 0. The predicted octanol–water partition coefficient (Wildman–Crippen LogP) is 16.9. The van der Waals surface area contributed by atoms with E-state index in [0.717, 1.165) is 93.5 Å². The lowest BCUT2D eigenvalue weighted by Gasteiger charge is -2.13. The minimum absolute atomic E-state index is 0.529. The van der Waals surface area contributed by atoms with Crippen LogP contribution in [0.25, 0.3) is 144 Å². The molecule has 0 spiro atoms. The first-order chi connectivity index (χ1) is 35.2. The first-order valence-electron chi connectivity index (χ1n) is 24.0. The highest BCUT2D eigenvalue weighted by molar-refractivity contribution is 6.38. The number of nitrogens with zero attached hydrogens (tertiary/aromatic N) is 5. The molecule has 15 aromatic rings. The number of furan rings is 1. The molecular weight excluding hydrogens is 867 g/mol. The van der Waals surface area contributed by atoms with E-state index in [1.54, 1.807) is 0 Å². The summed E-state index contributed by atoms with van der Waals surface area (Å²) in [5.41, 5.74) is 13.4. The molecular formula is C65H39N5O. The summed E-state index contributed by atoms with van der Waals surface area (Å²) in [5.74, 6) is 1.65. The van der Waals surface area contributed by atoms with Gasteiger partial charge < -0.3 is 8.98 Å². The Morgan fingerprint density at radius 2 is 0.817 bits per heavy atom. The van der Waals surface area contributed by atoms with Crippen LogP contribution in [0.3, 0.4) is 0 Å². The van der Waals surface area contributed by atoms with E-state index in [9.17, 15) is 0 Å². The summed E-state index contributed by atoms with van der Waals surface area (Å²) in [5, 5.41) is 11.4. The van der Waals surface area contributed by atoms with Crippen molar-refractivity contribution < 1.29 is 4.42 Å². The summed E-state index contributed by atoms with van der Waals surface area (Å²) < 4.78 is 11.2. The van der Waals surface area contributed by atoms with E-state index >= 15 is 0 Å². The second-order valence-corrected chi connectivity index (χ2v) is 18.3. The third-order valence-corrected chi connectivity index (χ3v) is 14.4. The molecule has 4 aromatic heterocycles. The standard InChI is InChI=1S/C65H39N5O/c1-3-16-40(17-4-1)42-30-32-43(33-31-42)63-66-64(45-34-35-50-49-24-12-14-29-57(49)71-58(50)39-45)68-65(67-63)70-56-37-36-55-59(61(56)60-51-25-9-7-22-47(51)48-23-8-10-26-52(48)62(60)70)53-27-11-13-28-54(53)69(55)46-21-15-20-44(38-46)41-18-5-2-6-19-41/h1-39H. The summed E-state index contributed by atoms with van der Waals surface area (Å²) in [7, 11) is 0. The SMILES string of the molecule is c1ccc(-c2ccc(-c3nc(-c4ccc5c(c4)oc4ccccc45)nc(-n4c5ccc6c(c7ccccc7n6-c6cccc(-c7ccccc7)c6)c5c5c6ccccc6c6ccccc6c54)n3)cc2)cc1. The molecule has 6 heteroatoms. The van der Waals surface area contributed by atoms with Gasteiger partial charge in [0.2, 0.25) is 5.95 Å².